The lowest BCUT2D eigenvalue weighted by atomic mass is 10.3. The van der Waals surface area contributed by atoms with Crippen LogP contribution in [0, 0.1) is 10.1 Å². The molecule has 6 heteroatoms. The van der Waals surface area contributed by atoms with Gasteiger partial charge in [0.25, 0.3) is 0 Å². The molecule has 0 unspecified atom stereocenters. The van der Waals surface area contributed by atoms with Crippen LogP contribution in [0.2, 0.25) is 0 Å². The van der Waals surface area contributed by atoms with Crippen LogP contribution >= 0.6 is 0 Å². The molecule has 0 aliphatic carbocycles. The summed E-state index contributed by atoms with van der Waals surface area (Å²) in [6.45, 7) is 0.306. The van der Waals surface area contributed by atoms with E-state index >= 15 is 0 Å². The SMILES string of the molecule is CN(CCO)c1ccncc1[N+](=O)[O-]. The lowest BCUT2D eigenvalue weighted by Crippen LogP contribution is -2.22. The van der Waals surface area contributed by atoms with Gasteiger partial charge in [0.1, 0.15) is 11.9 Å². The van der Waals surface area contributed by atoms with Gasteiger partial charge in [0.05, 0.1) is 11.5 Å². The molecule has 0 aliphatic heterocycles. The number of aromatic nitrogens is 1. The summed E-state index contributed by atoms with van der Waals surface area (Å²) in [5, 5.41) is 19.3. The molecule has 1 aromatic rings. The lowest BCUT2D eigenvalue weighted by Gasteiger charge is -2.16. The number of likely N-dealkylation sites (N-methyl/N-ethyl adjacent to an activating group) is 1. The van der Waals surface area contributed by atoms with Crippen molar-refractivity contribution in [2.75, 3.05) is 25.1 Å². The van der Waals surface area contributed by atoms with Gasteiger partial charge in [-0.15, -0.1) is 0 Å². The minimum absolute atomic E-state index is 0.0457. The maximum Gasteiger partial charge on any atom is 0.310 e. The molecule has 1 N–H and O–H groups in total. The van der Waals surface area contributed by atoms with Crippen LogP contribution in [0.3, 0.4) is 0 Å². The number of aliphatic hydroxyl groups excluding tert-OH is 1. The Balaban J connectivity index is 3.00. The van der Waals surface area contributed by atoms with Gasteiger partial charge < -0.3 is 10.0 Å². The number of hydrogen-bond acceptors (Lipinski definition) is 5. The van der Waals surface area contributed by atoms with Crippen molar-refractivity contribution in [1.29, 1.82) is 0 Å². The first-order chi connectivity index (χ1) is 6.66. The fourth-order valence-corrected chi connectivity index (χ4v) is 1.11. The molecule has 0 amide bonds. The van der Waals surface area contributed by atoms with Crippen molar-refractivity contribution in [3.05, 3.63) is 28.6 Å². The highest BCUT2D eigenvalue weighted by Crippen LogP contribution is 2.24. The van der Waals surface area contributed by atoms with E-state index in [1.807, 2.05) is 0 Å². The Labute approximate surface area is 81.0 Å². The summed E-state index contributed by atoms with van der Waals surface area (Å²) in [5.41, 5.74) is 0.405. The predicted octanol–water partition coefficient (Wildman–Crippen LogP) is 0.418. The van der Waals surface area contributed by atoms with Crippen LogP contribution in [-0.2, 0) is 0 Å². The highest BCUT2D eigenvalue weighted by molar-refractivity contribution is 5.61. The van der Waals surface area contributed by atoms with Crippen molar-refractivity contribution in [2.45, 2.75) is 0 Å². The number of nitrogens with zero attached hydrogens (tertiary/aromatic N) is 3. The normalized spacial score (nSPS) is 9.86. The standard InChI is InChI=1S/C8H11N3O3/c1-10(4-5-12)7-2-3-9-6-8(7)11(13)14/h2-3,6,12H,4-5H2,1H3. The average molecular weight is 197 g/mol. The van der Waals surface area contributed by atoms with Gasteiger partial charge in [0.2, 0.25) is 0 Å². The molecule has 14 heavy (non-hydrogen) atoms. The Morgan fingerprint density at radius 2 is 2.43 bits per heavy atom. The summed E-state index contributed by atoms with van der Waals surface area (Å²) >= 11 is 0. The van der Waals surface area contributed by atoms with Crippen LogP contribution in [0.5, 0.6) is 0 Å². The second-order valence-electron chi connectivity index (χ2n) is 2.77. The summed E-state index contributed by atoms with van der Waals surface area (Å²) in [7, 11) is 1.68. The maximum atomic E-state index is 10.6. The second kappa shape index (κ2) is 4.52. The van der Waals surface area contributed by atoms with Crippen molar-refractivity contribution in [3.8, 4) is 0 Å². The molecule has 76 valence electrons. The molecule has 0 atom stereocenters. The van der Waals surface area contributed by atoms with Crippen LogP contribution < -0.4 is 4.90 Å². The molecule has 0 bridgehead atoms. The van der Waals surface area contributed by atoms with E-state index in [0.717, 1.165) is 0 Å². The number of rotatable bonds is 4. The number of aliphatic hydroxyl groups is 1. The van der Waals surface area contributed by atoms with E-state index in [4.69, 9.17) is 5.11 Å². The first-order valence-electron chi connectivity index (χ1n) is 4.07. The Hall–Kier alpha value is -1.69. The predicted molar refractivity (Wildman–Crippen MR) is 51.2 cm³/mol. The van der Waals surface area contributed by atoms with Crippen molar-refractivity contribution < 1.29 is 10.0 Å². The summed E-state index contributed by atoms with van der Waals surface area (Å²) in [5.74, 6) is 0. The van der Waals surface area contributed by atoms with Gasteiger partial charge in [0.15, 0.2) is 0 Å². The Morgan fingerprint density at radius 1 is 1.71 bits per heavy atom. The van der Waals surface area contributed by atoms with Crippen LogP contribution in [0.25, 0.3) is 0 Å². The van der Waals surface area contributed by atoms with Gasteiger partial charge in [-0.2, -0.15) is 0 Å². The summed E-state index contributed by atoms with van der Waals surface area (Å²) in [6.07, 6.45) is 2.68. The van der Waals surface area contributed by atoms with E-state index in [1.165, 1.54) is 12.4 Å². The zero-order chi connectivity index (χ0) is 10.6. The number of nitro groups is 1. The third-order valence-corrected chi connectivity index (χ3v) is 1.82. The van der Waals surface area contributed by atoms with Gasteiger partial charge >= 0.3 is 5.69 Å². The van der Waals surface area contributed by atoms with E-state index in [9.17, 15) is 10.1 Å². The van der Waals surface area contributed by atoms with Crippen molar-refractivity contribution in [3.63, 3.8) is 0 Å². The van der Waals surface area contributed by atoms with E-state index < -0.39 is 4.92 Å². The molecule has 0 saturated carbocycles. The minimum Gasteiger partial charge on any atom is -0.395 e. The molecule has 1 heterocycles. The summed E-state index contributed by atoms with van der Waals surface area (Å²) in [6, 6.07) is 1.55. The van der Waals surface area contributed by atoms with Gasteiger partial charge in [-0.25, -0.2) is 0 Å². The Morgan fingerprint density at radius 3 is 3.00 bits per heavy atom. The first kappa shape index (κ1) is 10.4. The third kappa shape index (κ3) is 2.17. The van der Waals surface area contributed by atoms with Crippen LogP contribution in [0.4, 0.5) is 11.4 Å². The minimum atomic E-state index is -0.490. The van der Waals surface area contributed by atoms with Gasteiger partial charge in [0, 0.05) is 19.8 Å². The smallest absolute Gasteiger partial charge is 0.310 e. The molecule has 0 aliphatic rings. The van der Waals surface area contributed by atoms with Crippen LogP contribution in [-0.4, -0.2) is 35.2 Å². The van der Waals surface area contributed by atoms with Gasteiger partial charge in [-0.1, -0.05) is 0 Å². The van der Waals surface area contributed by atoms with Crippen molar-refractivity contribution in [1.82, 2.24) is 4.98 Å². The zero-order valence-electron chi connectivity index (χ0n) is 7.75. The number of anilines is 1. The molecule has 0 spiro atoms. The fourth-order valence-electron chi connectivity index (χ4n) is 1.11. The summed E-state index contributed by atoms with van der Waals surface area (Å²) < 4.78 is 0. The molecule has 0 radical (unpaired) electrons. The average Bonchev–Trinajstić information content (AvgIpc) is 2.18. The van der Waals surface area contributed by atoms with Crippen molar-refractivity contribution >= 4 is 11.4 Å². The molecule has 0 saturated heterocycles. The zero-order valence-corrected chi connectivity index (χ0v) is 7.75. The van der Waals surface area contributed by atoms with Crippen LogP contribution in [0.15, 0.2) is 18.5 Å². The Bertz CT molecular complexity index is 329. The van der Waals surface area contributed by atoms with Gasteiger partial charge in [-0.3, -0.25) is 15.1 Å². The van der Waals surface area contributed by atoms with E-state index in [-0.39, 0.29) is 12.3 Å². The van der Waals surface area contributed by atoms with Gasteiger partial charge in [-0.05, 0) is 6.07 Å². The lowest BCUT2D eigenvalue weighted by molar-refractivity contribution is -0.384. The molecule has 0 fully saturated rings. The molecule has 6 nitrogen and oxygen atoms in total. The van der Waals surface area contributed by atoms with Crippen LogP contribution in [0.1, 0.15) is 0 Å². The fraction of sp³-hybridized carbons (Fsp3) is 0.375. The van der Waals surface area contributed by atoms with E-state index in [2.05, 4.69) is 4.98 Å². The molecule has 1 rings (SSSR count). The van der Waals surface area contributed by atoms with E-state index in [0.29, 0.717) is 12.2 Å². The monoisotopic (exact) mass is 197 g/mol. The summed E-state index contributed by atoms with van der Waals surface area (Å²) in [4.78, 5) is 15.4. The van der Waals surface area contributed by atoms with Crippen molar-refractivity contribution in [2.24, 2.45) is 0 Å². The first-order valence-corrected chi connectivity index (χ1v) is 4.07. The highest BCUT2D eigenvalue weighted by Gasteiger charge is 2.15. The topological polar surface area (TPSA) is 79.5 Å². The maximum absolute atomic E-state index is 10.6. The third-order valence-electron chi connectivity index (χ3n) is 1.82. The highest BCUT2D eigenvalue weighted by atomic mass is 16.6. The largest absolute Gasteiger partial charge is 0.395 e. The number of hydrogen-bond donors (Lipinski definition) is 1. The molecular formula is C8H11N3O3. The molecule has 0 aromatic carbocycles. The Kier molecular flexibility index (Phi) is 3.35. The number of pyridine rings is 1. The molecule has 1 aromatic heterocycles. The quantitative estimate of drug-likeness (QED) is 0.559. The second-order valence-corrected chi connectivity index (χ2v) is 2.77. The molecular weight excluding hydrogens is 186 g/mol. The van der Waals surface area contributed by atoms with E-state index in [1.54, 1.807) is 18.0 Å².